The van der Waals surface area contributed by atoms with Gasteiger partial charge in [0.1, 0.15) is 11.5 Å². The Kier molecular flexibility index (Phi) is 4.96. The van der Waals surface area contributed by atoms with E-state index in [-0.39, 0.29) is 22.6 Å². The van der Waals surface area contributed by atoms with Crippen molar-refractivity contribution in [3.8, 4) is 11.1 Å². The molecule has 0 bridgehead atoms. The predicted octanol–water partition coefficient (Wildman–Crippen LogP) is 3.56. The number of nitrogens with two attached hydrogens (primary N) is 1. The van der Waals surface area contributed by atoms with Crippen LogP contribution in [0.15, 0.2) is 59.9 Å². The summed E-state index contributed by atoms with van der Waals surface area (Å²) < 4.78 is 41.4. The van der Waals surface area contributed by atoms with Gasteiger partial charge < -0.3 is 5.73 Å². The highest BCUT2D eigenvalue weighted by Gasteiger charge is 2.50. The molecule has 1 amide bonds. The predicted molar refractivity (Wildman–Crippen MR) is 109 cm³/mol. The van der Waals surface area contributed by atoms with Crippen molar-refractivity contribution in [2.45, 2.75) is 18.9 Å². The second-order valence-electron chi connectivity index (χ2n) is 7.15. The van der Waals surface area contributed by atoms with E-state index in [9.17, 15) is 18.0 Å². The van der Waals surface area contributed by atoms with Crippen molar-refractivity contribution in [1.29, 1.82) is 0 Å². The molecule has 3 heterocycles. The summed E-state index contributed by atoms with van der Waals surface area (Å²) in [6.45, 7) is 1.74. The summed E-state index contributed by atoms with van der Waals surface area (Å²) >= 11 is 0. The van der Waals surface area contributed by atoms with Gasteiger partial charge in [-0.1, -0.05) is 12.1 Å². The zero-order valence-electron chi connectivity index (χ0n) is 16.7. The fourth-order valence-corrected chi connectivity index (χ4v) is 3.70. The number of alkyl halides is 2. The maximum Gasteiger partial charge on any atom is 0.280 e. The highest BCUT2D eigenvalue weighted by Crippen LogP contribution is 2.41. The third kappa shape index (κ3) is 3.22. The Balaban J connectivity index is 1.99. The molecule has 4 rings (SSSR count). The van der Waals surface area contributed by atoms with Crippen LogP contribution in [0.1, 0.15) is 28.9 Å². The Morgan fingerprint density at radius 1 is 1.03 bits per heavy atom. The maximum absolute atomic E-state index is 14.8. The lowest BCUT2D eigenvalue weighted by atomic mass is 9.81. The molecule has 0 radical (unpaired) electrons. The Morgan fingerprint density at radius 2 is 1.77 bits per heavy atom. The van der Waals surface area contributed by atoms with Crippen molar-refractivity contribution >= 4 is 11.9 Å². The van der Waals surface area contributed by atoms with E-state index >= 15 is 0 Å². The lowest BCUT2D eigenvalue weighted by Gasteiger charge is -2.27. The van der Waals surface area contributed by atoms with Crippen LogP contribution >= 0.6 is 0 Å². The van der Waals surface area contributed by atoms with Crippen molar-refractivity contribution in [3.05, 3.63) is 83.2 Å². The Hall–Kier alpha value is -3.75. The molecule has 3 aromatic rings. The summed E-state index contributed by atoms with van der Waals surface area (Å²) in [7, 11) is 1.44. The SMILES string of the molecule is Cc1ncccc1-c1cc(C2(c3ccnc(C(F)F)c3)N=C(N)N(C)C2=O)ccc1F. The molecule has 31 heavy (non-hydrogen) atoms. The number of guanidine groups is 1. The second kappa shape index (κ2) is 7.50. The van der Waals surface area contributed by atoms with Gasteiger partial charge >= 0.3 is 0 Å². The topological polar surface area (TPSA) is 84.5 Å². The number of benzene rings is 1. The first-order valence-corrected chi connectivity index (χ1v) is 9.35. The fourth-order valence-electron chi connectivity index (χ4n) is 3.70. The third-order valence-electron chi connectivity index (χ3n) is 5.34. The van der Waals surface area contributed by atoms with Crippen molar-refractivity contribution in [1.82, 2.24) is 14.9 Å². The van der Waals surface area contributed by atoms with Crippen LogP contribution < -0.4 is 5.73 Å². The molecular formula is C22H18F3N5O. The van der Waals surface area contributed by atoms with Crippen molar-refractivity contribution in [2.75, 3.05) is 7.05 Å². The molecule has 0 fully saturated rings. The third-order valence-corrected chi connectivity index (χ3v) is 5.34. The molecule has 2 N–H and O–H groups in total. The summed E-state index contributed by atoms with van der Waals surface area (Å²) in [6.07, 6.45) is -0.0638. The summed E-state index contributed by atoms with van der Waals surface area (Å²) in [6, 6.07) is 10.0. The van der Waals surface area contributed by atoms with Crippen LogP contribution in [0, 0.1) is 12.7 Å². The van der Waals surface area contributed by atoms with E-state index < -0.39 is 29.4 Å². The molecule has 1 unspecified atom stereocenters. The number of hydrogen-bond donors (Lipinski definition) is 1. The number of likely N-dealkylation sites (N-methyl/N-ethyl adjacent to an activating group) is 1. The van der Waals surface area contributed by atoms with E-state index in [2.05, 4.69) is 15.0 Å². The number of hydrogen-bond acceptors (Lipinski definition) is 5. The molecule has 9 heteroatoms. The van der Waals surface area contributed by atoms with E-state index in [0.717, 1.165) is 11.0 Å². The summed E-state index contributed by atoms with van der Waals surface area (Å²) in [5.41, 5.74) is 5.47. The molecule has 6 nitrogen and oxygen atoms in total. The van der Waals surface area contributed by atoms with Crippen molar-refractivity contribution in [3.63, 3.8) is 0 Å². The normalized spacial score (nSPS) is 18.6. The van der Waals surface area contributed by atoms with Gasteiger partial charge in [0.25, 0.3) is 12.3 Å². The molecule has 0 saturated heterocycles. The largest absolute Gasteiger partial charge is 0.369 e. The number of nitrogens with zero attached hydrogens (tertiary/aromatic N) is 4. The van der Waals surface area contributed by atoms with Crippen LogP contribution in [0.25, 0.3) is 11.1 Å². The molecule has 0 spiro atoms. The van der Waals surface area contributed by atoms with Gasteiger partial charge in [0.05, 0.1) is 0 Å². The Labute approximate surface area is 176 Å². The van der Waals surface area contributed by atoms with Crippen LogP contribution in [-0.4, -0.2) is 33.8 Å². The monoisotopic (exact) mass is 425 g/mol. The van der Waals surface area contributed by atoms with Gasteiger partial charge in [-0.15, -0.1) is 0 Å². The molecule has 1 atom stereocenters. The second-order valence-corrected chi connectivity index (χ2v) is 7.15. The molecule has 1 aromatic carbocycles. The van der Waals surface area contributed by atoms with E-state index in [1.807, 2.05) is 0 Å². The quantitative estimate of drug-likeness (QED) is 0.693. The van der Waals surface area contributed by atoms with Crippen LogP contribution in [-0.2, 0) is 10.3 Å². The van der Waals surface area contributed by atoms with Crippen LogP contribution in [0.2, 0.25) is 0 Å². The molecule has 158 valence electrons. The average Bonchev–Trinajstić information content (AvgIpc) is 2.99. The van der Waals surface area contributed by atoms with Gasteiger partial charge in [-0.3, -0.25) is 19.7 Å². The number of aliphatic imine (C=N–C) groups is 1. The van der Waals surface area contributed by atoms with E-state index in [1.165, 1.54) is 37.5 Å². The standard InChI is InChI=1S/C22H18F3N5O/c1-12-15(4-3-8-27-12)16-10-13(5-6-17(16)23)22(20(31)30(2)21(26)29-22)14-7-9-28-18(11-14)19(24)25/h3-11,19H,1-2H3,(H2,26,29). The number of carbonyl (C=O) groups is 1. The summed E-state index contributed by atoms with van der Waals surface area (Å²) in [5, 5.41) is 0. The first-order chi connectivity index (χ1) is 14.8. The first kappa shape index (κ1) is 20.5. The van der Waals surface area contributed by atoms with Crippen LogP contribution in [0.3, 0.4) is 0 Å². The first-order valence-electron chi connectivity index (χ1n) is 9.35. The maximum atomic E-state index is 14.8. The number of rotatable bonds is 4. The van der Waals surface area contributed by atoms with Gasteiger partial charge in [0.15, 0.2) is 11.5 Å². The minimum atomic E-state index is -2.84. The number of amides is 1. The molecule has 1 aliphatic rings. The lowest BCUT2D eigenvalue weighted by Crippen LogP contribution is -2.41. The van der Waals surface area contributed by atoms with E-state index in [1.54, 1.807) is 25.3 Å². The van der Waals surface area contributed by atoms with Crippen LogP contribution in [0.5, 0.6) is 0 Å². The Bertz CT molecular complexity index is 1210. The molecule has 2 aromatic heterocycles. The van der Waals surface area contributed by atoms with Gasteiger partial charge in [0, 0.05) is 36.3 Å². The van der Waals surface area contributed by atoms with Crippen molar-refractivity contribution < 1.29 is 18.0 Å². The summed E-state index contributed by atoms with van der Waals surface area (Å²) in [5.74, 6) is -1.14. The van der Waals surface area contributed by atoms with Gasteiger partial charge in [-0.2, -0.15) is 0 Å². The van der Waals surface area contributed by atoms with Gasteiger partial charge in [0.2, 0.25) is 0 Å². The van der Waals surface area contributed by atoms with E-state index in [4.69, 9.17) is 5.73 Å². The number of carbonyl (C=O) groups excluding carboxylic acids is 1. The zero-order chi connectivity index (χ0) is 22.3. The number of aryl methyl sites for hydroxylation is 1. The highest BCUT2D eigenvalue weighted by atomic mass is 19.3. The molecule has 0 aliphatic carbocycles. The number of aromatic nitrogens is 2. The van der Waals surface area contributed by atoms with E-state index in [0.29, 0.717) is 11.3 Å². The molecule has 1 aliphatic heterocycles. The van der Waals surface area contributed by atoms with Crippen LogP contribution in [0.4, 0.5) is 13.2 Å². The van der Waals surface area contributed by atoms with Gasteiger partial charge in [-0.25, -0.2) is 18.2 Å². The zero-order valence-corrected chi connectivity index (χ0v) is 16.7. The van der Waals surface area contributed by atoms with Crippen molar-refractivity contribution in [2.24, 2.45) is 10.7 Å². The fraction of sp³-hybridized carbons (Fsp3) is 0.182. The minimum Gasteiger partial charge on any atom is -0.369 e. The highest BCUT2D eigenvalue weighted by molar-refractivity contribution is 6.09. The number of pyridine rings is 2. The Morgan fingerprint density at radius 3 is 2.42 bits per heavy atom. The smallest absolute Gasteiger partial charge is 0.280 e. The number of halogens is 3. The lowest BCUT2D eigenvalue weighted by molar-refractivity contribution is -0.129. The minimum absolute atomic E-state index is 0.0798. The average molecular weight is 425 g/mol. The molecular weight excluding hydrogens is 407 g/mol. The summed E-state index contributed by atoms with van der Waals surface area (Å²) in [4.78, 5) is 26.7. The van der Waals surface area contributed by atoms with Gasteiger partial charge in [-0.05, 0) is 48.4 Å². The molecule has 0 saturated carbocycles.